The first-order valence-corrected chi connectivity index (χ1v) is 7.25. The Morgan fingerprint density at radius 1 is 1.36 bits per heavy atom. The topological polar surface area (TPSA) is 87.4 Å². The van der Waals surface area contributed by atoms with Gasteiger partial charge in [0, 0.05) is 18.5 Å². The average Bonchev–Trinajstić information content (AvgIpc) is 2.96. The summed E-state index contributed by atoms with van der Waals surface area (Å²) >= 11 is 0. The monoisotopic (exact) mass is 303 g/mol. The molecule has 1 aromatic carbocycles. The highest BCUT2D eigenvalue weighted by Crippen LogP contribution is 2.19. The third-order valence-electron chi connectivity index (χ3n) is 3.17. The van der Waals surface area contributed by atoms with Crippen molar-refractivity contribution in [1.82, 2.24) is 15.6 Å². The van der Waals surface area contributed by atoms with E-state index in [1.165, 1.54) is 5.56 Å². The van der Waals surface area contributed by atoms with Gasteiger partial charge in [-0.3, -0.25) is 0 Å². The highest BCUT2D eigenvalue weighted by molar-refractivity contribution is 5.74. The number of rotatable bonds is 6. The van der Waals surface area contributed by atoms with Gasteiger partial charge in [0.25, 0.3) is 0 Å². The van der Waals surface area contributed by atoms with E-state index in [4.69, 9.17) is 9.52 Å². The van der Waals surface area contributed by atoms with Crippen LogP contribution in [-0.2, 0) is 6.42 Å². The van der Waals surface area contributed by atoms with Gasteiger partial charge in [-0.2, -0.15) is 0 Å². The Bertz CT molecular complexity index is 607. The van der Waals surface area contributed by atoms with Crippen LogP contribution in [-0.4, -0.2) is 35.3 Å². The molecule has 1 unspecified atom stereocenters. The summed E-state index contributed by atoms with van der Waals surface area (Å²) in [7, 11) is 0. The van der Waals surface area contributed by atoms with E-state index < -0.39 is 0 Å². The van der Waals surface area contributed by atoms with Crippen LogP contribution in [0, 0.1) is 6.92 Å². The standard InChI is InChI=1S/C16H21N3O3/c1-11-3-5-13(6-4-11)15-19-14(10-22-15)7-8-17-16(21)18-12(2)9-20/h3-6,10,12,20H,7-9H2,1-2H3,(H2,17,18,21). The van der Waals surface area contributed by atoms with Crippen LogP contribution in [0.3, 0.4) is 0 Å². The number of carbonyl (C=O) groups excluding carboxylic acids is 1. The van der Waals surface area contributed by atoms with Crippen LogP contribution < -0.4 is 10.6 Å². The zero-order valence-corrected chi connectivity index (χ0v) is 12.8. The van der Waals surface area contributed by atoms with Gasteiger partial charge in [0.15, 0.2) is 0 Å². The second-order valence-electron chi connectivity index (χ2n) is 5.24. The summed E-state index contributed by atoms with van der Waals surface area (Å²) in [6.45, 7) is 4.12. The van der Waals surface area contributed by atoms with Gasteiger partial charge in [-0.05, 0) is 26.0 Å². The van der Waals surface area contributed by atoms with Gasteiger partial charge in [0.1, 0.15) is 6.26 Å². The fourth-order valence-electron chi connectivity index (χ4n) is 1.88. The SMILES string of the molecule is Cc1ccc(-c2nc(CCNC(=O)NC(C)CO)co2)cc1. The zero-order chi connectivity index (χ0) is 15.9. The third kappa shape index (κ3) is 4.60. The molecule has 0 aliphatic heterocycles. The van der Waals surface area contributed by atoms with Crippen LogP contribution >= 0.6 is 0 Å². The van der Waals surface area contributed by atoms with Crippen molar-refractivity contribution in [2.45, 2.75) is 26.3 Å². The number of hydrogen-bond acceptors (Lipinski definition) is 4. The lowest BCUT2D eigenvalue weighted by molar-refractivity contribution is 0.220. The van der Waals surface area contributed by atoms with Gasteiger partial charge in [0.05, 0.1) is 18.3 Å². The van der Waals surface area contributed by atoms with Gasteiger partial charge in [-0.1, -0.05) is 17.7 Å². The number of urea groups is 1. The first-order chi connectivity index (χ1) is 10.6. The van der Waals surface area contributed by atoms with Crippen LogP contribution in [0.1, 0.15) is 18.2 Å². The summed E-state index contributed by atoms with van der Waals surface area (Å²) in [4.78, 5) is 15.9. The molecule has 2 rings (SSSR count). The number of aromatic nitrogens is 1. The molecular formula is C16H21N3O3. The maximum atomic E-state index is 11.5. The zero-order valence-electron chi connectivity index (χ0n) is 12.8. The molecule has 2 aromatic rings. The molecule has 0 radical (unpaired) electrons. The summed E-state index contributed by atoms with van der Waals surface area (Å²) in [5, 5.41) is 14.2. The van der Waals surface area contributed by atoms with Crippen LogP contribution in [0.15, 0.2) is 34.9 Å². The molecule has 0 bridgehead atoms. The van der Waals surface area contributed by atoms with Crippen LogP contribution in [0.2, 0.25) is 0 Å². The molecule has 118 valence electrons. The number of carbonyl (C=O) groups is 1. The predicted molar refractivity (Wildman–Crippen MR) is 83.5 cm³/mol. The highest BCUT2D eigenvalue weighted by Gasteiger charge is 2.08. The molecule has 0 saturated carbocycles. The van der Waals surface area contributed by atoms with E-state index >= 15 is 0 Å². The number of nitrogens with zero attached hydrogens (tertiary/aromatic N) is 1. The molecule has 22 heavy (non-hydrogen) atoms. The Labute approximate surface area is 129 Å². The molecule has 0 saturated heterocycles. The molecule has 3 N–H and O–H groups in total. The summed E-state index contributed by atoms with van der Waals surface area (Å²) in [5.41, 5.74) is 2.90. The maximum absolute atomic E-state index is 11.5. The summed E-state index contributed by atoms with van der Waals surface area (Å²) in [6, 6.07) is 7.38. The predicted octanol–water partition coefficient (Wildman–Crippen LogP) is 1.87. The number of nitrogens with one attached hydrogen (secondary N) is 2. The van der Waals surface area contributed by atoms with Crippen molar-refractivity contribution < 1.29 is 14.3 Å². The second-order valence-corrected chi connectivity index (χ2v) is 5.24. The Balaban J connectivity index is 1.82. The van der Waals surface area contributed by atoms with Gasteiger partial charge >= 0.3 is 6.03 Å². The fourth-order valence-corrected chi connectivity index (χ4v) is 1.88. The molecule has 0 aliphatic carbocycles. The molecule has 1 atom stereocenters. The Hall–Kier alpha value is -2.34. The van der Waals surface area contributed by atoms with Gasteiger partial charge < -0.3 is 20.2 Å². The third-order valence-corrected chi connectivity index (χ3v) is 3.17. The minimum absolute atomic E-state index is 0.0867. The minimum Gasteiger partial charge on any atom is -0.444 e. The number of aliphatic hydroxyl groups excluding tert-OH is 1. The van der Waals surface area contributed by atoms with E-state index in [2.05, 4.69) is 15.6 Å². The number of benzene rings is 1. The van der Waals surface area contributed by atoms with Crippen LogP contribution in [0.25, 0.3) is 11.5 Å². The quantitative estimate of drug-likeness (QED) is 0.760. The van der Waals surface area contributed by atoms with Gasteiger partial charge in [-0.25, -0.2) is 9.78 Å². The number of hydrogen-bond donors (Lipinski definition) is 3. The van der Waals surface area contributed by atoms with Crippen molar-refractivity contribution in [3.8, 4) is 11.5 Å². The average molecular weight is 303 g/mol. The molecule has 1 aromatic heterocycles. The number of aliphatic hydroxyl groups is 1. The molecular weight excluding hydrogens is 282 g/mol. The Morgan fingerprint density at radius 2 is 2.09 bits per heavy atom. The first kappa shape index (κ1) is 16.0. The summed E-state index contributed by atoms with van der Waals surface area (Å²) in [5.74, 6) is 0.577. The Morgan fingerprint density at radius 3 is 2.77 bits per heavy atom. The number of amides is 2. The van der Waals surface area contributed by atoms with Gasteiger partial charge in [-0.15, -0.1) is 0 Å². The van der Waals surface area contributed by atoms with Crippen molar-refractivity contribution in [3.63, 3.8) is 0 Å². The van der Waals surface area contributed by atoms with Gasteiger partial charge in [0.2, 0.25) is 5.89 Å². The van der Waals surface area contributed by atoms with Crippen molar-refractivity contribution >= 4 is 6.03 Å². The maximum Gasteiger partial charge on any atom is 0.315 e. The largest absolute Gasteiger partial charge is 0.444 e. The molecule has 2 amide bonds. The van der Waals surface area contributed by atoms with E-state index in [9.17, 15) is 4.79 Å². The molecule has 1 heterocycles. The molecule has 0 spiro atoms. The Kier molecular flexibility index (Phi) is 5.55. The van der Waals surface area contributed by atoms with Crippen LogP contribution in [0.4, 0.5) is 4.79 Å². The fraction of sp³-hybridized carbons (Fsp3) is 0.375. The second kappa shape index (κ2) is 7.61. The van der Waals surface area contributed by atoms with Crippen LogP contribution in [0.5, 0.6) is 0 Å². The molecule has 0 fully saturated rings. The minimum atomic E-state index is -0.302. The number of aryl methyl sites for hydroxylation is 1. The smallest absolute Gasteiger partial charge is 0.315 e. The van der Waals surface area contributed by atoms with E-state index in [0.717, 1.165) is 11.3 Å². The van der Waals surface area contributed by atoms with E-state index in [1.54, 1.807) is 13.2 Å². The van der Waals surface area contributed by atoms with Crippen molar-refractivity contribution in [2.24, 2.45) is 0 Å². The lowest BCUT2D eigenvalue weighted by Crippen LogP contribution is -2.42. The lowest BCUT2D eigenvalue weighted by atomic mass is 10.1. The summed E-state index contributed by atoms with van der Waals surface area (Å²) in [6.07, 6.45) is 2.18. The van der Waals surface area contributed by atoms with Crippen molar-refractivity contribution in [2.75, 3.05) is 13.2 Å². The van der Waals surface area contributed by atoms with E-state index in [-0.39, 0.29) is 18.7 Å². The number of oxazole rings is 1. The van der Waals surface area contributed by atoms with E-state index in [0.29, 0.717) is 18.9 Å². The highest BCUT2D eigenvalue weighted by atomic mass is 16.3. The van der Waals surface area contributed by atoms with Crippen molar-refractivity contribution in [1.29, 1.82) is 0 Å². The molecule has 0 aliphatic rings. The normalized spacial score (nSPS) is 12.0. The van der Waals surface area contributed by atoms with Crippen molar-refractivity contribution in [3.05, 3.63) is 41.8 Å². The lowest BCUT2D eigenvalue weighted by Gasteiger charge is -2.11. The molecule has 6 nitrogen and oxygen atoms in total. The summed E-state index contributed by atoms with van der Waals surface area (Å²) < 4.78 is 5.46. The molecule has 6 heteroatoms. The van der Waals surface area contributed by atoms with E-state index in [1.807, 2.05) is 31.2 Å². The first-order valence-electron chi connectivity index (χ1n) is 7.25.